The van der Waals surface area contributed by atoms with E-state index in [0.29, 0.717) is 0 Å². The maximum atomic E-state index is 12.7. The molecule has 0 aliphatic heterocycles. The van der Waals surface area contributed by atoms with Gasteiger partial charge in [-0.3, -0.25) is 0 Å². The van der Waals surface area contributed by atoms with Gasteiger partial charge in [-0.1, -0.05) is 38.3 Å². The van der Waals surface area contributed by atoms with Crippen LogP contribution in [0.4, 0.5) is 4.39 Å². The summed E-state index contributed by atoms with van der Waals surface area (Å²) in [5.74, 6) is -0.332. The smallest absolute Gasteiger partial charge is 0.123 e. The Bertz CT molecular complexity index is 323. The lowest BCUT2D eigenvalue weighted by Gasteiger charge is -2.08. The summed E-state index contributed by atoms with van der Waals surface area (Å²) in [7, 11) is 0. The summed E-state index contributed by atoms with van der Waals surface area (Å²) in [6.45, 7) is 2.14. The second kappa shape index (κ2) is 6.19. The Kier molecular flexibility index (Phi) is 4.83. The quantitative estimate of drug-likeness (QED) is 0.666. The second-order valence-corrected chi connectivity index (χ2v) is 3.73. The predicted molar refractivity (Wildman–Crippen MR) is 58.9 cm³/mol. The first-order valence-corrected chi connectivity index (χ1v) is 5.43. The van der Waals surface area contributed by atoms with Crippen LogP contribution >= 0.6 is 0 Å². The molecule has 0 heterocycles. The monoisotopic (exact) mass is 205 g/mol. The van der Waals surface area contributed by atoms with Gasteiger partial charge < -0.3 is 0 Å². The van der Waals surface area contributed by atoms with Gasteiger partial charge in [0, 0.05) is 0 Å². The molecule has 15 heavy (non-hydrogen) atoms. The molecule has 0 aromatic heterocycles. The van der Waals surface area contributed by atoms with E-state index in [2.05, 4.69) is 13.0 Å². The Labute approximate surface area is 90.5 Å². The van der Waals surface area contributed by atoms with Gasteiger partial charge in [-0.25, -0.2) is 4.39 Å². The average Bonchev–Trinajstić information content (AvgIpc) is 2.26. The molecule has 2 heteroatoms. The number of hydrogen-bond acceptors (Lipinski definition) is 1. The topological polar surface area (TPSA) is 23.8 Å². The van der Waals surface area contributed by atoms with Crippen LogP contribution in [-0.2, 0) is 0 Å². The summed E-state index contributed by atoms with van der Waals surface area (Å²) in [6, 6.07) is 8.51. The zero-order chi connectivity index (χ0) is 11.1. The maximum absolute atomic E-state index is 12.7. The van der Waals surface area contributed by atoms with Crippen molar-refractivity contribution < 1.29 is 4.39 Å². The lowest BCUT2D eigenvalue weighted by atomic mass is 9.95. The molecule has 1 rings (SSSR count). The molecule has 1 nitrogen and oxygen atoms in total. The molecule has 80 valence electrons. The summed E-state index contributed by atoms with van der Waals surface area (Å²) in [5, 5.41) is 9.00. The van der Waals surface area contributed by atoms with E-state index in [0.717, 1.165) is 31.2 Å². The van der Waals surface area contributed by atoms with E-state index in [1.54, 1.807) is 12.1 Å². The van der Waals surface area contributed by atoms with Gasteiger partial charge in [0.1, 0.15) is 5.82 Å². The number of hydrogen-bond donors (Lipinski definition) is 0. The minimum absolute atomic E-state index is 0.0860. The number of halogens is 1. The largest absolute Gasteiger partial charge is 0.207 e. The SMILES string of the molecule is CCCCC[C@@H](C#N)c1ccc(F)cc1. The third kappa shape index (κ3) is 3.71. The molecule has 0 aliphatic carbocycles. The van der Waals surface area contributed by atoms with Crippen molar-refractivity contribution in [1.82, 2.24) is 0 Å². The molecule has 0 spiro atoms. The fourth-order valence-electron chi connectivity index (χ4n) is 1.60. The third-order valence-corrected chi connectivity index (χ3v) is 2.52. The van der Waals surface area contributed by atoms with Crippen LogP contribution in [0, 0.1) is 17.1 Å². The third-order valence-electron chi connectivity index (χ3n) is 2.52. The van der Waals surface area contributed by atoms with Crippen LogP contribution in [0.2, 0.25) is 0 Å². The van der Waals surface area contributed by atoms with Crippen LogP contribution in [0.15, 0.2) is 24.3 Å². The predicted octanol–water partition coefficient (Wildman–Crippen LogP) is 4.01. The molecule has 0 amide bonds. The van der Waals surface area contributed by atoms with Gasteiger partial charge in [-0.05, 0) is 24.1 Å². The summed E-state index contributed by atoms with van der Waals surface area (Å²) in [5.41, 5.74) is 0.926. The maximum Gasteiger partial charge on any atom is 0.123 e. The normalized spacial score (nSPS) is 12.1. The van der Waals surface area contributed by atoms with E-state index in [1.807, 2.05) is 0 Å². The minimum Gasteiger partial charge on any atom is -0.207 e. The lowest BCUT2D eigenvalue weighted by Crippen LogP contribution is -1.95. The van der Waals surface area contributed by atoms with E-state index in [1.165, 1.54) is 12.1 Å². The Balaban J connectivity index is 2.59. The molecule has 0 fully saturated rings. The molecular weight excluding hydrogens is 189 g/mol. The van der Waals surface area contributed by atoms with Gasteiger partial charge >= 0.3 is 0 Å². The molecule has 1 atom stereocenters. The fourth-order valence-corrected chi connectivity index (χ4v) is 1.60. The van der Waals surface area contributed by atoms with Crippen LogP contribution in [0.5, 0.6) is 0 Å². The summed E-state index contributed by atoms with van der Waals surface area (Å²) < 4.78 is 12.7. The van der Waals surface area contributed by atoms with Gasteiger partial charge in [0.25, 0.3) is 0 Å². The zero-order valence-corrected chi connectivity index (χ0v) is 9.04. The minimum atomic E-state index is -0.246. The molecule has 0 saturated heterocycles. The highest BCUT2D eigenvalue weighted by atomic mass is 19.1. The number of unbranched alkanes of at least 4 members (excludes halogenated alkanes) is 2. The molecule has 1 aromatic carbocycles. The van der Waals surface area contributed by atoms with Crippen LogP contribution < -0.4 is 0 Å². The standard InChI is InChI=1S/C13H16FN/c1-2-3-4-5-12(10-15)11-6-8-13(14)9-7-11/h6-9,12H,2-5H2,1H3/t12-/m0/s1. The molecule has 1 aromatic rings. The van der Waals surface area contributed by atoms with E-state index in [4.69, 9.17) is 5.26 Å². The van der Waals surface area contributed by atoms with Crippen molar-refractivity contribution in [3.05, 3.63) is 35.6 Å². The Hall–Kier alpha value is -1.36. The van der Waals surface area contributed by atoms with Crippen LogP contribution in [0.25, 0.3) is 0 Å². The molecule has 0 bridgehead atoms. The first-order valence-electron chi connectivity index (χ1n) is 5.43. The Morgan fingerprint density at radius 1 is 1.27 bits per heavy atom. The van der Waals surface area contributed by atoms with Gasteiger partial charge in [0.15, 0.2) is 0 Å². The molecule has 0 unspecified atom stereocenters. The average molecular weight is 205 g/mol. The van der Waals surface area contributed by atoms with Crippen LogP contribution in [0.1, 0.15) is 44.1 Å². The Morgan fingerprint density at radius 2 is 1.93 bits per heavy atom. The van der Waals surface area contributed by atoms with E-state index < -0.39 is 0 Å². The fraction of sp³-hybridized carbons (Fsp3) is 0.462. The van der Waals surface area contributed by atoms with Crippen molar-refractivity contribution in [2.75, 3.05) is 0 Å². The zero-order valence-electron chi connectivity index (χ0n) is 9.04. The van der Waals surface area contributed by atoms with Gasteiger partial charge in [-0.15, -0.1) is 0 Å². The van der Waals surface area contributed by atoms with Gasteiger partial charge in [-0.2, -0.15) is 5.26 Å². The molecule has 0 radical (unpaired) electrons. The number of rotatable bonds is 5. The van der Waals surface area contributed by atoms with Crippen molar-refractivity contribution in [3.63, 3.8) is 0 Å². The second-order valence-electron chi connectivity index (χ2n) is 3.73. The first-order chi connectivity index (χ1) is 7.27. The van der Waals surface area contributed by atoms with E-state index in [-0.39, 0.29) is 11.7 Å². The van der Waals surface area contributed by atoms with Crippen LogP contribution in [-0.4, -0.2) is 0 Å². The van der Waals surface area contributed by atoms with E-state index in [9.17, 15) is 4.39 Å². The number of nitrogens with zero attached hydrogens (tertiary/aromatic N) is 1. The molecule has 0 N–H and O–H groups in total. The van der Waals surface area contributed by atoms with Gasteiger partial charge in [0.05, 0.1) is 12.0 Å². The van der Waals surface area contributed by atoms with Crippen molar-refractivity contribution in [3.8, 4) is 6.07 Å². The van der Waals surface area contributed by atoms with Gasteiger partial charge in [0.2, 0.25) is 0 Å². The van der Waals surface area contributed by atoms with Crippen molar-refractivity contribution in [2.24, 2.45) is 0 Å². The van der Waals surface area contributed by atoms with Crippen molar-refractivity contribution in [1.29, 1.82) is 5.26 Å². The van der Waals surface area contributed by atoms with Crippen molar-refractivity contribution in [2.45, 2.75) is 38.5 Å². The van der Waals surface area contributed by atoms with Crippen LogP contribution in [0.3, 0.4) is 0 Å². The van der Waals surface area contributed by atoms with Crippen molar-refractivity contribution >= 4 is 0 Å². The first kappa shape index (κ1) is 11.7. The summed E-state index contributed by atoms with van der Waals surface area (Å²) in [4.78, 5) is 0. The summed E-state index contributed by atoms with van der Waals surface area (Å²) >= 11 is 0. The Morgan fingerprint density at radius 3 is 2.47 bits per heavy atom. The molecule has 0 aliphatic rings. The highest BCUT2D eigenvalue weighted by Gasteiger charge is 2.09. The lowest BCUT2D eigenvalue weighted by molar-refractivity contribution is 0.619. The highest BCUT2D eigenvalue weighted by molar-refractivity contribution is 5.25. The highest BCUT2D eigenvalue weighted by Crippen LogP contribution is 2.21. The molecular formula is C13H16FN. The molecule has 0 saturated carbocycles. The number of nitriles is 1. The van der Waals surface area contributed by atoms with E-state index >= 15 is 0 Å². The summed E-state index contributed by atoms with van der Waals surface area (Å²) in [6.07, 6.45) is 4.24. The number of benzene rings is 1.